The van der Waals surface area contributed by atoms with Crippen molar-refractivity contribution >= 4 is 32.8 Å². The highest BCUT2D eigenvalue weighted by Crippen LogP contribution is 2.28. The van der Waals surface area contributed by atoms with Crippen molar-refractivity contribution in [2.24, 2.45) is 0 Å². The fraction of sp³-hybridized carbons (Fsp3) is 0.556. The quantitative estimate of drug-likeness (QED) is 0.889. The van der Waals surface area contributed by atoms with Gasteiger partial charge in [0.15, 0.2) is 0 Å². The van der Waals surface area contributed by atoms with Gasteiger partial charge in [-0.1, -0.05) is 11.6 Å². The molecule has 0 aromatic carbocycles. The number of thiophene rings is 1. The van der Waals surface area contributed by atoms with E-state index in [1.165, 1.54) is 17.6 Å². The maximum atomic E-state index is 11.0. The number of rotatable bonds is 5. The molecule has 0 aliphatic heterocycles. The standard InChI is InChI=1S/C9H14ClNO2S2/c1-11-7(5-6-15(2,12)13)8-3-4-9(10)14-8/h3-4,7,11H,5-6H2,1-2H3. The van der Waals surface area contributed by atoms with Crippen LogP contribution in [-0.4, -0.2) is 27.5 Å². The first-order valence-electron chi connectivity index (χ1n) is 4.52. The molecule has 0 saturated carbocycles. The summed E-state index contributed by atoms with van der Waals surface area (Å²) in [6.07, 6.45) is 1.83. The molecule has 1 heterocycles. The van der Waals surface area contributed by atoms with E-state index in [0.29, 0.717) is 6.42 Å². The molecule has 0 amide bonds. The van der Waals surface area contributed by atoms with Crippen molar-refractivity contribution in [2.75, 3.05) is 19.1 Å². The number of sulfone groups is 1. The molecule has 0 aliphatic rings. The summed E-state index contributed by atoms with van der Waals surface area (Å²) in [6, 6.07) is 3.82. The molecule has 1 aromatic heterocycles. The van der Waals surface area contributed by atoms with Gasteiger partial charge in [0, 0.05) is 17.2 Å². The molecule has 15 heavy (non-hydrogen) atoms. The molecule has 3 nitrogen and oxygen atoms in total. The van der Waals surface area contributed by atoms with Crippen molar-refractivity contribution in [3.8, 4) is 0 Å². The molecule has 0 spiro atoms. The third-order valence-electron chi connectivity index (χ3n) is 2.06. The van der Waals surface area contributed by atoms with Gasteiger partial charge in [-0.25, -0.2) is 8.42 Å². The third kappa shape index (κ3) is 4.51. The molecule has 86 valence electrons. The van der Waals surface area contributed by atoms with Gasteiger partial charge in [0.1, 0.15) is 9.84 Å². The van der Waals surface area contributed by atoms with Gasteiger partial charge < -0.3 is 5.32 Å². The zero-order chi connectivity index (χ0) is 11.5. The summed E-state index contributed by atoms with van der Waals surface area (Å²) in [5, 5.41) is 3.09. The van der Waals surface area contributed by atoms with Crippen molar-refractivity contribution < 1.29 is 8.42 Å². The Labute approximate surface area is 99.4 Å². The summed E-state index contributed by atoms with van der Waals surface area (Å²) in [5.41, 5.74) is 0. The minimum atomic E-state index is -2.90. The summed E-state index contributed by atoms with van der Waals surface area (Å²) in [7, 11) is -1.08. The molecule has 1 rings (SSSR count). The molecule has 1 aromatic rings. The van der Waals surface area contributed by atoms with Gasteiger partial charge in [-0.15, -0.1) is 11.3 Å². The van der Waals surface area contributed by atoms with Crippen LogP contribution in [0.1, 0.15) is 17.3 Å². The van der Waals surface area contributed by atoms with Gasteiger partial charge in [-0.2, -0.15) is 0 Å². The van der Waals surface area contributed by atoms with Crippen molar-refractivity contribution in [1.82, 2.24) is 5.32 Å². The Kier molecular flexibility index (Phi) is 4.58. The molecule has 1 unspecified atom stereocenters. The van der Waals surface area contributed by atoms with Crippen molar-refractivity contribution in [3.05, 3.63) is 21.3 Å². The van der Waals surface area contributed by atoms with Crippen LogP contribution in [0, 0.1) is 0 Å². The van der Waals surface area contributed by atoms with Crippen LogP contribution in [0.4, 0.5) is 0 Å². The van der Waals surface area contributed by atoms with E-state index in [0.717, 1.165) is 9.21 Å². The zero-order valence-electron chi connectivity index (χ0n) is 8.66. The maximum Gasteiger partial charge on any atom is 0.147 e. The minimum absolute atomic E-state index is 0.0669. The first-order valence-corrected chi connectivity index (χ1v) is 7.78. The fourth-order valence-electron chi connectivity index (χ4n) is 1.28. The highest BCUT2D eigenvalue weighted by Gasteiger charge is 2.14. The molecular weight excluding hydrogens is 254 g/mol. The Bertz CT molecular complexity index is 414. The monoisotopic (exact) mass is 267 g/mol. The average molecular weight is 268 g/mol. The van der Waals surface area contributed by atoms with Crippen molar-refractivity contribution in [1.29, 1.82) is 0 Å². The van der Waals surface area contributed by atoms with E-state index in [4.69, 9.17) is 11.6 Å². The molecule has 0 radical (unpaired) electrons. The molecule has 0 fully saturated rings. The lowest BCUT2D eigenvalue weighted by Gasteiger charge is -2.13. The van der Waals surface area contributed by atoms with Crippen LogP contribution < -0.4 is 5.32 Å². The summed E-state index contributed by atoms with van der Waals surface area (Å²) >= 11 is 7.30. The number of hydrogen-bond donors (Lipinski definition) is 1. The highest BCUT2D eigenvalue weighted by molar-refractivity contribution is 7.90. The van der Waals surface area contributed by atoms with Gasteiger partial charge in [0.05, 0.1) is 10.1 Å². The first-order chi connectivity index (χ1) is 6.92. The van der Waals surface area contributed by atoms with Crippen LogP contribution in [0.15, 0.2) is 12.1 Å². The number of hydrogen-bond acceptors (Lipinski definition) is 4. The van der Waals surface area contributed by atoms with E-state index >= 15 is 0 Å². The van der Waals surface area contributed by atoms with E-state index in [9.17, 15) is 8.42 Å². The van der Waals surface area contributed by atoms with Gasteiger partial charge in [-0.3, -0.25) is 0 Å². The van der Waals surface area contributed by atoms with E-state index in [1.807, 2.05) is 19.2 Å². The topological polar surface area (TPSA) is 46.2 Å². The Balaban J connectivity index is 2.65. The van der Waals surface area contributed by atoms with E-state index in [2.05, 4.69) is 5.32 Å². The normalized spacial score (nSPS) is 14.1. The predicted molar refractivity (Wildman–Crippen MR) is 65.5 cm³/mol. The first kappa shape index (κ1) is 13.0. The SMILES string of the molecule is CNC(CCS(C)(=O)=O)c1ccc(Cl)s1. The molecule has 1 atom stereocenters. The lowest BCUT2D eigenvalue weighted by atomic mass is 10.2. The van der Waals surface area contributed by atoms with Gasteiger partial charge in [0.2, 0.25) is 0 Å². The average Bonchev–Trinajstić information content (AvgIpc) is 2.51. The van der Waals surface area contributed by atoms with Crippen LogP contribution in [0.25, 0.3) is 0 Å². The van der Waals surface area contributed by atoms with Gasteiger partial charge in [0.25, 0.3) is 0 Å². The predicted octanol–water partition coefficient (Wildman–Crippen LogP) is 2.10. The summed E-state index contributed by atoms with van der Waals surface area (Å²) in [4.78, 5) is 1.08. The van der Waals surface area contributed by atoms with Crippen LogP contribution in [-0.2, 0) is 9.84 Å². The summed E-state index contributed by atoms with van der Waals surface area (Å²) in [6.45, 7) is 0. The summed E-state index contributed by atoms with van der Waals surface area (Å²) in [5.74, 6) is 0.189. The molecule has 0 bridgehead atoms. The molecule has 0 aliphatic carbocycles. The summed E-state index contributed by atoms with van der Waals surface area (Å²) < 4.78 is 22.8. The van der Waals surface area contributed by atoms with Crippen LogP contribution in [0.3, 0.4) is 0 Å². The Hall–Kier alpha value is -0.100. The van der Waals surface area contributed by atoms with Gasteiger partial charge >= 0.3 is 0 Å². The maximum absolute atomic E-state index is 11.0. The van der Waals surface area contributed by atoms with E-state index < -0.39 is 9.84 Å². The Morgan fingerprint density at radius 3 is 2.60 bits per heavy atom. The largest absolute Gasteiger partial charge is 0.312 e. The van der Waals surface area contributed by atoms with Crippen molar-refractivity contribution in [3.63, 3.8) is 0 Å². The van der Waals surface area contributed by atoms with E-state index in [1.54, 1.807) is 0 Å². The number of halogens is 1. The fourth-order valence-corrected chi connectivity index (χ4v) is 3.15. The molecule has 1 N–H and O–H groups in total. The molecular formula is C9H14ClNO2S2. The highest BCUT2D eigenvalue weighted by atomic mass is 35.5. The number of nitrogens with one attached hydrogen (secondary N) is 1. The smallest absolute Gasteiger partial charge is 0.147 e. The van der Waals surface area contributed by atoms with E-state index in [-0.39, 0.29) is 11.8 Å². The van der Waals surface area contributed by atoms with Crippen LogP contribution in [0.2, 0.25) is 4.34 Å². The van der Waals surface area contributed by atoms with Crippen molar-refractivity contribution in [2.45, 2.75) is 12.5 Å². The minimum Gasteiger partial charge on any atom is -0.312 e. The second-order valence-electron chi connectivity index (χ2n) is 3.40. The lowest BCUT2D eigenvalue weighted by molar-refractivity contribution is 0.565. The zero-order valence-corrected chi connectivity index (χ0v) is 11.0. The Morgan fingerprint density at radius 1 is 1.53 bits per heavy atom. The second-order valence-corrected chi connectivity index (χ2v) is 7.41. The third-order valence-corrected chi connectivity index (χ3v) is 4.39. The Morgan fingerprint density at radius 2 is 2.20 bits per heavy atom. The van der Waals surface area contributed by atoms with Crippen LogP contribution >= 0.6 is 22.9 Å². The lowest BCUT2D eigenvalue weighted by Crippen LogP contribution is -2.18. The van der Waals surface area contributed by atoms with Gasteiger partial charge in [-0.05, 0) is 25.6 Å². The second kappa shape index (κ2) is 5.30. The molecule has 6 heteroatoms. The molecule has 0 saturated heterocycles. The van der Waals surface area contributed by atoms with Crippen LogP contribution in [0.5, 0.6) is 0 Å².